The molecule has 0 aliphatic heterocycles. The molecule has 0 fully saturated rings. The van der Waals surface area contributed by atoms with Crippen LogP contribution < -0.4 is 0 Å². The third-order valence-electron chi connectivity index (χ3n) is 2.71. The number of ketones is 1. The van der Waals surface area contributed by atoms with Gasteiger partial charge in [-0.05, 0) is 32.1 Å². The molecule has 0 radical (unpaired) electrons. The molecular weight excluding hydrogens is 172 g/mol. The van der Waals surface area contributed by atoms with Crippen LogP contribution in [0.2, 0.25) is 0 Å². The van der Waals surface area contributed by atoms with Gasteiger partial charge in [0.1, 0.15) is 5.78 Å². The van der Waals surface area contributed by atoms with E-state index in [4.69, 9.17) is 0 Å². The van der Waals surface area contributed by atoms with Gasteiger partial charge in [-0.25, -0.2) is 0 Å². The second-order valence-corrected chi connectivity index (χ2v) is 4.00. The second kappa shape index (κ2) is 6.58. The maximum atomic E-state index is 11.6. The zero-order valence-electron chi connectivity index (χ0n) is 9.04. The summed E-state index contributed by atoms with van der Waals surface area (Å²) in [5, 5.41) is 0. The lowest BCUT2D eigenvalue weighted by atomic mass is 9.96. The summed E-state index contributed by atoms with van der Waals surface area (Å²) in [6.45, 7) is 2.05. The van der Waals surface area contributed by atoms with Crippen molar-refractivity contribution < 1.29 is 4.79 Å². The molecule has 0 aromatic carbocycles. The van der Waals surface area contributed by atoms with Gasteiger partial charge in [0, 0.05) is 12.3 Å². The number of Topliss-reactive ketones (excluding diaryl/α,β-unsaturated/α-hetero) is 1. The van der Waals surface area contributed by atoms with Crippen molar-refractivity contribution in [2.24, 2.45) is 5.92 Å². The molecule has 0 saturated heterocycles. The van der Waals surface area contributed by atoms with Crippen LogP contribution in [-0.2, 0) is 4.79 Å². The van der Waals surface area contributed by atoms with Gasteiger partial charge in [-0.15, -0.1) is 0 Å². The number of rotatable bonds is 0. The van der Waals surface area contributed by atoms with Crippen LogP contribution in [0, 0.1) is 5.92 Å². The normalized spacial score (nSPS) is 25.5. The highest BCUT2D eigenvalue weighted by molar-refractivity contribution is 5.80. The molecule has 0 saturated carbocycles. The Bertz CT molecular complexity index is 225. The molecule has 1 heteroatoms. The van der Waals surface area contributed by atoms with Crippen LogP contribution >= 0.6 is 0 Å². The van der Waals surface area contributed by atoms with E-state index in [1.807, 2.05) is 6.92 Å². The quantitative estimate of drug-likeness (QED) is 0.535. The molecule has 1 unspecified atom stereocenters. The Morgan fingerprint density at radius 3 is 2.29 bits per heavy atom. The van der Waals surface area contributed by atoms with Crippen molar-refractivity contribution in [2.75, 3.05) is 0 Å². The summed E-state index contributed by atoms with van der Waals surface area (Å²) in [5.74, 6) is 0.663. The first-order valence-corrected chi connectivity index (χ1v) is 5.63. The van der Waals surface area contributed by atoms with Crippen LogP contribution in [0.1, 0.15) is 45.4 Å². The molecule has 0 aromatic rings. The van der Waals surface area contributed by atoms with Gasteiger partial charge in [0.05, 0.1) is 0 Å². The van der Waals surface area contributed by atoms with Crippen molar-refractivity contribution in [3.05, 3.63) is 24.3 Å². The summed E-state index contributed by atoms with van der Waals surface area (Å²) in [6.07, 6.45) is 14.7. The highest BCUT2D eigenvalue weighted by Gasteiger charge is 2.10. The van der Waals surface area contributed by atoms with E-state index in [-0.39, 0.29) is 5.92 Å². The van der Waals surface area contributed by atoms with Crippen molar-refractivity contribution in [1.29, 1.82) is 0 Å². The summed E-state index contributed by atoms with van der Waals surface area (Å²) in [4.78, 5) is 11.6. The molecular formula is C13H20O. The zero-order valence-corrected chi connectivity index (χ0v) is 9.04. The third-order valence-corrected chi connectivity index (χ3v) is 2.71. The van der Waals surface area contributed by atoms with Crippen LogP contribution in [0.5, 0.6) is 0 Å². The van der Waals surface area contributed by atoms with Gasteiger partial charge in [0.25, 0.3) is 0 Å². The number of hydrogen-bond donors (Lipinski definition) is 0. The molecule has 1 rings (SSSR count). The minimum absolute atomic E-state index is 0.243. The van der Waals surface area contributed by atoms with Crippen molar-refractivity contribution in [3.8, 4) is 0 Å². The predicted molar refractivity (Wildman–Crippen MR) is 60.2 cm³/mol. The van der Waals surface area contributed by atoms with E-state index in [2.05, 4.69) is 24.3 Å². The molecule has 0 spiro atoms. The van der Waals surface area contributed by atoms with Gasteiger partial charge >= 0.3 is 0 Å². The van der Waals surface area contributed by atoms with Crippen molar-refractivity contribution in [2.45, 2.75) is 45.4 Å². The van der Waals surface area contributed by atoms with E-state index in [0.29, 0.717) is 5.78 Å². The average molecular weight is 192 g/mol. The number of carbonyl (C=O) groups excluding carboxylic acids is 1. The summed E-state index contributed by atoms with van der Waals surface area (Å²) < 4.78 is 0. The molecule has 1 aliphatic rings. The van der Waals surface area contributed by atoms with E-state index in [1.54, 1.807) is 0 Å². The summed E-state index contributed by atoms with van der Waals surface area (Å²) in [6, 6.07) is 0. The lowest BCUT2D eigenvalue weighted by Crippen LogP contribution is -2.09. The van der Waals surface area contributed by atoms with E-state index in [1.165, 1.54) is 0 Å². The van der Waals surface area contributed by atoms with Crippen LogP contribution in [-0.4, -0.2) is 5.78 Å². The fourth-order valence-electron chi connectivity index (χ4n) is 1.64. The molecule has 78 valence electrons. The first-order valence-electron chi connectivity index (χ1n) is 5.63. The second-order valence-electron chi connectivity index (χ2n) is 4.00. The van der Waals surface area contributed by atoms with E-state index < -0.39 is 0 Å². The maximum Gasteiger partial charge on any atom is 0.136 e. The molecule has 0 amide bonds. The first-order chi connectivity index (χ1) is 6.80. The Kier molecular flexibility index (Phi) is 5.28. The van der Waals surface area contributed by atoms with Gasteiger partial charge in [0.2, 0.25) is 0 Å². The number of hydrogen-bond acceptors (Lipinski definition) is 1. The number of allylic oxidation sites excluding steroid dienone is 4. The smallest absolute Gasteiger partial charge is 0.136 e. The highest BCUT2D eigenvalue weighted by atomic mass is 16.1. The van der Waals surface area contributed by atoms with Crippen LogP contribution in [0.3, 0.4) is 0 Å². The lowest BCUT2D eigenvalue weighted by molar-refractivity contribution is -0.122. The van der Waals surface area contributed by atoms with Gasteiger partial charge in [-0.3, -0.25) is 4.79 Å². The predicted octanol–water partition coefficient (Wildman–Crippen LogP) is 3.66. The zero-order chi connectivity index (χ0) is 10.2. The monoisotopic (exact) mass is 192 g/mol. The Balaban J connectivity index is 2.45. The Hall–Kier alpha value is -0.850. The maximum absolute atomic E-state index is 11.6. The van der Waals surface area contributed by atoms with E-state index >= 15 is 0 Å². The van der Waals surface area contributed by atoms with Gasteiger partial charge in [0.15, 0.2) is 0 Å². The lowest BCUT2D eigenvalue weighted by Gasteiger charge is -2.08. The van der Waals surface area contributed by atoms with Gasteiger partial charge < -0.3 is 0 Å². The fraction of sp³-hybridized carbons (Fsp3) is 0.615. The average Bonchev–Trinajstić information content (AvgIpc) is 2.18. The molecule has 0 aromatic heterocycles. The molecule has 14 heavy (non-hydrogen) atoms. The van der Waals surface area contributed by atoms with Crippen LogP contribution in [0.4, 0.5) is 0 Å². The molecule has 1 atom stereocenters. The number of carbonyl (C=O) groups is 1. The van der Waals surface area contributed by atoms with Crippen LogP contribution in [0.15, 0.2) is 24.3 Å². The van der Waals surface area contributed by atoms with Gasteiger partial charge in [-0.1, -0.05) is 31.2 Å². The standard InChI is InChI=1S/C13H20O/c1-12-10-8-6-4-2-3-5-7-9-11-13(12)14/h4-7,12H,2-3,8-11H2,1H3. The van der Waals surface area contributed by atoms with Crippen LogP contribution in [0.25, 0.3) is 0 Å². The first kappa shape index (κ1) is 11.2. The topological polar surface area (TPSA) is 17.1 Å². The van der Waals surface area contributed by atoms with Crippen molar-refractivity contribution in [1.82, 2.24) is 0 Å². The van der Waals surface area contributed by atoms with Gasteiger partial charge in [-0.2, -0.15) is 0 Å². The molecule has 0 N–H and O–H groups in total. The minimum Gasteiger partial charge on any atom is -0.299 e. The van der Waals surface area contributed by atoms with E-state index in [0.717, 1.165) is 38.5 Å². The third kappa shape index (κ3) is 4.40. The largest absolute Gasteiger partial charge is 0.299 e. The molecule has 1 nitrogen and oxygen atoms in total. The molecule has 0 heterocycles. The molecule has 1 aliphatic carbocycles. The van der Waals surface area contributed by atoms with Crippen molar-refractivity contribution >= 4 is 5.78 Å². The highest BCUT2D eigenvalue weighted by Crippen LogP contribution is 2.12. The summed E-state index contributed by atoms with van der Waals surface area (Å²) in [5.41, 5.74) is 0. The summed E-state index contributed by atoms with van der Waals surface area (Å²) in [7, 11) is 0. The minimum atomic E-state index is 0.243. The van der Waals surface area contributed by atoms with E-state index in [9.17, 15) is 4.79 Å². The van der Waals surface area contributed by atoms with Crippen molar-refractivity contribution in [3.63, 3.8) is 0 Å². The fourth-order valence-corrected chi connectivity index (χ4v) is 1.64. The molecule has 0 bridgehead atoms. The SMILES string of the molecule is CC1CCC=CCCC=CCCC1=O. The Labute approximate surface area is 86.9 Å². The Morgan fingerprint density at radius 1 is 1.00 bits per heavy atom. The summed E-state index contributed by atoms with van der Waals surface area (Å²) >= 11 is 0. The Morgan fingerprint density at radius 2 is 1.57 bits per heavy atom.